The number of unbranched alkanes of at least 4 members (excludes halogenated alkanes) is 5. The second-order valence-corrected chi connectivity index (χ2v) is 10.8. The van der Waals surface area contributed by atoms with E-state index in [4.69, 9.17) is 4.74 Å². The van der Waals surface area contributed by atoms with Crippen LogP contribution in [0.1, 0.15) is 67.8 Å². The SMILES string of the molecule is CCCCCCCCC(=O)Nc1ccc(N2CCN(c3ccccc3OC)CC2)c(C(=O)NCc2ccc(F)cc2)c1. The predicted molar refractivity (Wildman–Crippen MR) is 168 cm³/mol. The van der Waals surface area contributed by atoms with Gasteiger partial charge in [-0.05, 0) is 54.4 Å². The number of carbonyl (C=O) groups is 2. The number of methoxy groups -OCH3 is 1. The molecule has 1 fully saturated rings. The summed E-state index contributed by atoms with van der Waals surface area (Å²) >= 11 is 0. The van der Waals surface area contributed by atoms with Crippen LogP contribution >= 0.6 is 0 Å². The molecule has 224 valence electrons. The summed E-state index contributed by atoms with van der Waals surface area (Å²) in [5, 5.41) is 5.96. The quantitative estimate of drug-likeness (QED) is 0.208. The van der Waals surface area contributed by atoms with E-state index in [1.807, 2.05) is 30.3 Å². The van der Waals surface area contributed by atoms with E-state index in [0.717, 1.165) is 68.1 Å². The van der Waals surface area contributed by atoms with Crippen LogP contribution in [0.15, 0.2) is 66.7 Å². The third kappa shape index (κ3) is 8.71. The van der Waals surface area contributed by atoms with Gasteiger partial charge < -0.3 is 25.2 Å². The number of benzene rings is 3. The molecule has 1 heterocycles. The van der Waals surface area contributed by atoms with Crippen LogP contribution < -0.4 is 25.2 Å². The molecule has 1 saturated heterocycles. The molecule has 0 aliphatic carbocycles. The van der Waals surface area contributed by atoms with Crippen LogP contribution in [-0.2, 0) is 11.3 Å². The average molecular weight is 575 g/mol. The summed E-state index contributed by atoms with van der Waals surface area (Å²) in [6.45, 7) is 5.45. The summed E-state index contributed by atoms with van der Waals surface area (Å²) < 4.78 is 18.9. The highest BCUT2D eigenvalue weighted by Crippen LogP contribution is 2.31. The van der Waals surface area contributed by atoms with E-state index in [9.17, 15) is 14.0 Å². The molecular weight excluding hydrogens is 531 g/mol. The predicted octanol–water partition coefficient (Wildman–Crippen LogP) is 6.78. The Kier molecular flexibility index (Phi) is 11.6. The second kappa shape index (κ2) is 15.8. The molecule has 7 nitrogen and oxygen atoms in total. The van der Waals surface area contributed by atoms with E-state index in [1.54, 1.807) is 25.3 Å². The fourth-order valence-electron chi connectivity index (χ4n) is 5.32. The van der Waals surface area contributed by atoms with E-state index in [1.165, 1.54) is 31.4 Å². The van der Waals surface area contributed by atoms with Crippen molar-refractivity contribution in [3.8, 4) is 5.75 Å². The maximum Gasteiger partial charge on any atom is 0.253 e. The zero-order valence-corrected chi connectivity index (χ0v) is 24.8. The fourth-order valence-corrected chi connectivity index (χ4v) is 5.32. The van der Waals surface area contributed by atoms with Gasteiger partial charge in [0.05, 0.1) is 18.4 Å². The topological polar surface area (TPSA) is 73.9 Å². The molecule has 0 saturated carbocycles. The third-order valence-corrected chi connectivity index (χ3v) is 7.69. The number of halogens is 1. The number of nitrogens with zero attached hydrogens (tertiary/aromatic N) is 2. The van der Waals surface area contributed by atoms with Gasteiger partial charge in [0.25, 0.3) is 5.91 Å². The lowest BCUT2D eigenvalue weighted by atomic mass is 10.1. The molecule has 0 unspecified atom stereocenters. The third-order valence-electron chi connectivity index (χ3n) is 7.69. The largest absolute Gasteiger partial charge is 0.495 e. The fraction of sp³-hybridized carbons (Fsp3) is 0.412. The van der Waals surface area contributed by atoms with Crippen LogP contribution in [0.5, 0.6) is 5.75 Å². The molecule has 3 aromatic rings. The number of nitrogens with one attached hydrogen (secondary N) is 2. The van der Waals surface area contributed by atoms with E-state index in [2.05, 4.69) is 33.4 Å². The zero-order valence-electron chi connectivity index (χ0n) is 24.8. The van der Waals surface area contributed by atoms with E-state index in [0.29, 0.717) is 17.7 Å². The Morgan fingerprint density at radius 3 is 2.21 bits per heavy atom. The molecule has 42 heavy (non-hydrogen) atoms. The lowest BCUT2D eigenvalue weighted by Gasteiger charge is -2.38. The maximum absolute atomic E-state index is 13.5. The summed E-state index contributed by atoms with van der Waals surface area (Å²) in [6.07, 6.45) is 7.17. The zero-order chi connectivity index (χ0) is 29.7. The molecule has 0 spiro atoms. The number of rotatable bonds is 14. The van der Waals surface area contributed by atoms with E-state index >= 15 is 0 Å². The highest BCUT2D eigenvalue weighted by molar-refractivity contribution is 6.02. The van der Waals surface area contributed by atoms with Gasteiger partial charge in [-0.15, -0.1) is 0 Å². The van der Waals surface area contributed by atoms with Crippen LogP contribution in [0.3, 0.4) is 0 Å². The smallest absolute Gasteiger partial charge is 0.253 e. The number of ether oxygens (including phenoxy) is 1. The van der Waals surface area contributed by atoms with Crippen LogP contribution in [0, 0.1) is 5.82 Å². The van der Waals surface area contributed by atoms with Gasteiger partial charge in [0.15, 0.2) is 0 Å². The monoisotopic (exact) mass is 574 g/mol. The van der Waals surface area contributed by atoms with Crippen molar-refractivity contribution in [2.75, 3.05) is 48.4 Å². The van der Waals surface area contributed by atoms with Crippen LogP contribution in [0.25, 0.3) is 0 Å². The summed E-state index contributed by atoms with van der Waals surface area (Å²) in [5.74, 6) is 0.242. The van der Waals surface area contributed by atoms with Gasteiger partial charge in [0.2, 0.25) is 5.91 Å². The van der Waals surface area contributed by atoms with Crippen molar-refractivity contribution in [3.63, 3.8) is 0 Å². The van der Waals surface area contributed by atoms with Crippen molar-refractivity contribution in [2.24, 2.45) is 0 Å². The summed E-state index contributed by atoms with van der Waals surface area (Å²) in [7, 11) is 1.68. The summed E-state index contributed by atoms with van der Waals surface area (Å²) in [6, 6.07) is 19.6. The molecule has 0 aromatic heterocycles. The molecule has 4 rings (SSSR count). The van der Waals surface area contributed by atoms with Crippen molar-refractivity contribution in [1.29, 1.82) is 0 Å². The first kappa shape index (κ1) is 30.9. The molecule has 8 heteroatoms. The molecule has 2 amide bonds. The number of hydrogen-bond acceptors (Lipinski definition) is 5. The maximum atomic E-state index is 13.5. The number of para-hydroxylation sites is 2. The van der Waals surface area contributed by atoms with Crippen molar-refractivity contribution >= 4 is 28.9 Å². The number of carbonyl (C=O) groups excluding carboxylic acids is 2. The Morgan fingerprint density at radius 2 is 1.50 bits per heavy atom. The number of piperazine rings is 1. The summed E-state index contributed by atoms with van der Waals surface area (Å²) in [5.41, 5.74) is 3.79. The first-order valence-corrected chi connectivity index (χ1v) is 15.1. The molecule has 0 bridgehead atoms. The Balaban J connectivity index is 1.45. The van der Waals surface area contributed by atoms with Crippen LogP contribution in [0.2, 0.25) is 0 Å². The van der Waals surface area contributed by atoms with Gasteiger partial charge in [-0.2, -0.15) is 0 Å². The van der Waals surface area contributed by atoms with Gasteiger partial charge in [-0.3, -0.25) is 9.59 Å². The number of anilines is 3. The minimum atomic E-state index is -0.316. The van der Waals surface area contributed by atoms with Gasteiger partial charge in [0, 0.05) is 50.5 Å². The Morgan fingerprint density at radius 1 is 0.833 bits per heavy atom. The Labute approximate surface area is 249 Å². The molecule has 0 atom stereocenters. The number of amides is 2. The lowest BCUT2D eigenvalue weighted by molar-refractivity contribution is -0.116. The minimum absolute atomic E-state index is 0.0404. The van der Waals surface area contributed by atoms with Gasteiger partial charge in [0.1, 0.15) is 11.6 Å². The second-order valence-electron chi connectivity index (χ2n) is 10.8. The van der Waals surface area contributed by atoms with Crippen LogP contribution in [0.4, 0.5) is 21.5 Å². The Hall–Kier alpha value is -4.07. The van der Waals surface area contributed by atoms with Crippen molar-refractivity contribution in [1.82, 2.24) is 5.32 Å². The molecule has 3 aromatic carbocycles. The van der Waals surface area contributed by atoms with Gasteiger partial charge in [-0.25, -0.2) is 4.39 Å². The van der Waals surface area contributed by atoms with Crippen LogP contribution in [-0.4, -0.2) is 45.1 Å². The first-order valence-electron chi connectivity index (χ1n) is 15.1. The molecule has 1 aliphatic heterocycles. The highest BCUT2D eigenvalue weighted by Gasteiger charge is 2.24. The number of hydrogen-bond donors (Lipinski definition) is 2. The highest BCUT2D eigenvalue weighted by atomic mass is 19.1. The molecule has 2 N–H and O–H groups in total. The average Bonchev–Trinajstić information content (AvgIpc) is 3.02. The minimum Gasteiger partial charge on any atom is -0.495 e. The Bertz CT molecular complexity index is 1310. The van der Waals surface area contributed by atoms with Gasteiger partial charge >= 0.3 is 0 Å². The van der Waals surface area contributed by atoms with Crippen molar-refractivity contribution in [3.05, 3.63) is 83.7 Å². The first-order chi connectivity index (χ1) is 20.5. The molecule has 1 aliphatic rings. The summed E-state index contributed by atoms with van der Waals surface area (Å²) in [4.78, 5) is 30.7. The molecular formula is C34H43FN4O3. The lowest BCUT2D eigenvalue weighted by Crippen LogP contribution is -2.47. The van der Waals surface area contributed by atoms with E-state index < -0.39 is 0 Å². The van der Waals surface area contributed by atoms with Crippen molar-refractivity contribution < 1.29 is 18.7 Å². The van der Waals surface area contributed by atoms with E-state index in [-0.39, 0.29) is 24.2 Å². The normalized spacial score (nSPS) is 13.1. The molecule has 0 radical (unpaired) electrons. The van der Waals surface area contributed by atoms with Gasteiger partial charge in [-0.1, -0.05) is 63.3 Å². The standard InChI is InChI=1S/C34H43FN4O3/c1-3-4-5-6-7-8-13-33(40)37-28-18-19-30(29(24-28)34(41)36-25-26-14-16-27(35)17-15-26)38-20-22-39(23-21-38)31-11-9-10-12-32(31)42-2/h9-12,14-19,24H,3-8,13,20-23,25H2,1-2H3,(H,36,41)(H,37,40). The van der Waals surface area contributed by atoms with Crippen molar-refractivity contribution in [2.45, 2.75) is 58.4 Å².